The zero-order chi connectivity index (χ0) is 16.3. The van der Waals surface area contributed by atoms with E-state index in [-0.39, 0.29) is 5.89 Å². The molecule has 2 rings (SSSR count). The van der Waals surface area contributed by atoms with E-state index in [9.17, 15) is 9.90 Å². The number of carbonyl (C=O) groups excluding carboxylic acids is 1. The van der Waals surface area contributed by atoms with Gasteiger partial charge < -0.3 is 19.6 Å². The molecule has 0 aliphatic heterocycles. The second kappa shape index (κ2) is 6.31. The van der Waals surface area contributed by atoms with Crippen molar-refractivity contribution in [2.75, 3.05) is 0 Å². The Labute approximate surface area is 128 Å². The minimum Gasteiger partial charge on any atom is -0.444 e. The van der Waals surface area contributed by atoms with Gasteiger partial charge in [-0.25, -0.2) is 9.78 Å². The van der Waals surface area contributed by atoms with Crippen LogP contribution in [0.25, 0.3) is 11.2 Å². The number of fused-ring (bicyclic) bond motifs is 1. The van der Waals surface area contributed by atoms with Gasteiger partial charge in [-0.1, -0.05) is 6.92 Å². The van der Waals surface area contributed by atoms with Gasteiger partial charge in [-0.2, -0.15) is 4.98 Å². The summed E-state index contributed by atoms with van der Waals surface area (Å²) in [6.07, 6.45) is 0.420. The lowest BCUT2D eigenvalue weighted by molar-refractivity contribution is 0.0387. The Morgan fingerprint density at radius 1 is 1.50 bits per heavy atom. The molecule has 0 aromatic carbocycles. The average Bonchev–Trinajstić information content (AvgIpc) is 2.86. The second-order valence-corrected chi connectivity index (χ2v) is 5.98. The first-order chi connectivity index (χ1) is 10.3. The minimum absolute atomic E-state index is 0.122. The first-order valence-corrected chi connectivity index (χ1v) is 7.19. The normalized spacial score (nSPS) is 14.6. The highest BCUT2D eigenvalue weighted by Crippen LogP contribution is 2.22. The lowest BCUT2D eigenvalue weighted by atomic mass is 10.1. The van der Waals surface area contributed by atoms with Crippen LogP contribution >= 0.6 is 0 Å². The average molecular weight is 307 g/mol. The molecular weight excluding hydrogens is 286 g/mol. The van der Waals surface area contributed by atoms with Crippen molar-refractivity contribution >= 4 is 17.3 Å². The number of rotatable bonds is 4. The van der Waals surface area contributed by atoms with Gasteiger partial charge in [0, 0.05) is 6.20 Å². The fourth-order valence-electron chi connectivity index (χ4n) is 1.95. The molecule has 7 heteroatoms. The first-order valence-electron chi connectivity index (χ1n) is 7.19. The van der Waals surface area contributed by atoms with Crippen LogP contribution < -0.4 is 5.32 Å². The fraction of sp³-hybridized carbons (Fsp3) is 0.533. The van der Waals surface area contributed by atoms with Gasteiger partial charge in [0.15, 0.2) is 17.3 Å². The molecule has 2 N–H and O–H groups in total. The first kappa shape index (κ1) is 16.2. The summed E-state index contributed by atoms with van der Waals surface area (Å²) in [5.74, 6) is 0.122. The summed E-state index contributed by atoms with van der Waals surface area (Å²) in [5.41, 5.74) is 0.307. The van der Waals surface area contributed by atoms with E-state index in [0.29, 0.717) is 17.7 Å². The largest absolute Gasteiger partial charge is 0.444 e. The van der Waals surface area contributed by atoms with Gasteiger partial charge >= 0.3 is 6.09 Å². The zero-order valence-electron chi connectivity index (χ0n) is 13.2. The maximum absolute atomic E-state index is 11.8. The van der Waals surface area contributed by atoms with E-state index < -0.39 is 23.8 Å². The summed E-state index contributed by atoms with van der Waals surface area (Å²) in [6.45, 7) is 7.16. The Bertz CT molecular complexity index is 615. The Kier molecular flexibility index (Phi) is 4.65. The number of aliphatic hydroxyl groups excluding tert-OH is 1. The summed E-state index contributed by atoms with van der Waals surface area (Å²) in [7, 11) is 0. The van der Waals surface area contributed by atoms with Gasteiger partial charge in [0.25, 0.3) is 0 Å². The van der Waals surface area contributed by atoms with Crippen LogP contribution in [0.15, 0.2) is 22.7 Å². The Balaban J connectivity index is 2.11. The van der Waals surface area contributed by atoms with Gasteiger partial charge in [0.2, 0.25) is 5.89 Å². The van der Waals surface area contributed by atoms with E-state index in [0.717, 1.165) is 0 Å². The van der Waals surface area contributed by atoms with Crippen LogP contribution in [0.1, 0.15) is 46.1 Å². The van der Waals surface area contributed by atoms with E-state index in [1.54, 1.807) is 39.1 Å². The van der Waals surface area contributed by atoms with Crippen LogP contribution in [-0.4, -0.2) is 32.8 Å². The van der Waals surface area contributed by atoms with Crippen molar-refractivity contribution in [2.24, 2.45) is 0 Å². The molecule has 0 aliphatic rings. The highest BCUT2D eigenvalue weighted by Gasteiger charge is 2.28. The van der Waals surface area contributed by atoms with Gasteiger partial charge in [-0.15, -0.1) is 0 Å². The van der Waals surface area contributed by atoms with Crippen LogP contribution in [0.2, 0.25) is 0 Å². The molecule has 2 aromatic rings. The zero-order valence-corrected chi connectivity index (χ0v) is 13.2. The molecule has 0 fully saturated rings. The van der Waals surface area contributed by atoms with Crippen molar-refractivity contribution in [1.82, 2.24) is 15.3 Å². The molecule has 120 valence electrons. The standard InChI is InChI=1S/C15H21N3O4/c1-5-9(17-14(20)22-15(2,3)4)11(19)13-18-12-10(21-13)7-6-8-16-12/h6-9,11,19H,5H2,1-4H3,(H,17,20)/t9-,11-/m0/s1. The highest BCUT2D eigenvalue weighted by molar-refractivity contribution is 5.68. The summed E-state index contributed by atoms with van der Waals surface area (Å²) in [6, 6.07) is 2.87. The van der Waals surface area contributed by atoms with Crippen LogP contribution in [-0.2, 0) is 4.74 Å². The van der Waals surface area contributed by atoms with Crippen LogP contribution in [0.4, 0.5) is 4.79 Å². The smallest absolute Gasteiger partial charge is 0.407 e. The van der Waals surface area contributed by atoms with Crippen molar-refractivity contribution in [1.29, 1.82) is 0 Å². The van der Waals surface area contributed by atoms with Crippen molar-refractivity contribution in [3.05, 3.63) is 24.2 Å². The maximum atomic E-state index is 11.8. The fourth-order valence-corrected chi connectivity index (χ4v) is 1.95. The molecule has 0 radical (unpaired) electrons. The van der Waals surface area contributed by atoms with Crippen molar-refractivity contribution in [3.63, 3.8) is 0 Å². The number of oxazole rings is 1. The molecule has 0 spiro atoms. The van der Waals surface area contributed by atoms with E-state index in [1.165, 1.54) is 0 Å². The molecular formula is C15H21N3O4. The third kappa shape index (κ3) is 3.94. The monoisotopic (exact) mass is 307 g/mol. The molecule has 7 nitrogen and oxygen atoms in total. The van der Waals surface area contributed by atoms with Gasteiger partial charge in [0.1, 0.15) is 5.60 Å². The number of hydrogen-bond donors (Lipinski definition) is 2. The van der Waals surface area contributed by atoms with Gasteiger partial charge in [-0.05, 0) is 39.3 Å². The highest BCUT2D eigenvalue weighted by atomic mass is 16.6. The molecule has 2 aromatic heterocycles. The van der Waals surface area contributed by atoms with E-state index in [2.05, 4.69) is 15.3 Å². The third-order valence-corrected chi connectivity index (χ3v) is 2.96. The number of amides is 1. The van der Waals surface area contributed by atoms with Crippen LogP contribution in [0.3, 0.4) is 0 Å². The van der Waals surface area contributed by atoms with Crippen molar-refractivity contribution < 1.29 is 19.1 Å². The quantitative estimate of drug-likeness (QED) is 0.901. The van der Waals surface area contributed by atoms with Crippen LogP contribution in [0, 0.1) is 0 Å². The molecule has 0 saturated carbocycles. The number of ether oxygens (including phenoxy) is 1. The maximum Gasteiger partial charge on any atom is 0.407 e. The Morgan fingerprint density at radius 2 is 2.23 bits per heavy atom. The molecule has 0 aliphatic carbocycles. The number of nitrogens with one attached hydrogen (secondary N) is 1. The van der Waals surface area contributed by atoms with Crippen molar-refractivity contribution in [2.45, 2.75) is 51.9 Å². The van der Waals surface area contributed by atoms with E-state index >= 15 is 0 Å². The van der Waals surface area contributed by atoms with Crippen molar-refractivity contribution in [3.8, 4) is 0 Å². The SMILES string of the molecule is CC[C@H](NC(=O)OC(C)(C)C)[C@H](O)c1nc2ncccc2o1. The summed E-state index contributed by atoms with van der Waals surface area (Å²) >= 11 is 0. The predicted molar refractivity (Wildman–Crippen MR) is 80.2 cm³/mol. The summed E-state index contributed by atoms with van der Waals surface area (Å²) in [4.78, 5) is 20.0. The molecule has 1 amide bonds. The van der Waals surface area contributed by atoms with E-state index in [1.807, 2.05) is 6.92 Å². The molecule has 2 heterocycles. The molecule has 22 heavy (non-hydrogen) atoms. The lowest BCUT2D eigenvalue weighted by Gasteiger charge is -2.24. The topological polar surface area (TPSA) is 97.5 Å². The van der Waals surface area contributed by atoms with Crippen LogP contribution in [0.5, 0.6) is 0 Å². The number of aliphatic hydroxyl groups is 1. The number of nitrogens with zero attached hydrogens (tertiary/aromatic N) is 2. The van der Waals surface area contributed by atoms with E-state index in [4.69, 9.17) is 9.15 Å². The molecule has 0 saturated heterocycles. The third-order valence-electron chi connectivity index (χ3n) is 2.96. The summed E-state index contributed by atoms with van der Waals surface area (Å²) in [5, 5.41) is 13.0. The lowest BCUT2D eigenvalue weighted by Crippen LogP contribution is -2.42. The van der Waals surface area contributed by atoms with Gasteiger partial charge in [0.05, 0.1) is 6.04 Å². The molecule has 0 unspecified atom stereocenters. The summed E-state index contributed by atoms with van der Waals surface area (Å²) < 4.78 is 10.7. The number of alkyl carbamates (subject to hydrolysis) is 1. The number of hydrogen-bond acceptors (Lipinski definition) is 6. The second-order valence-electron chi connectivity index (χ2n) is 5.98. The minimum atomic E-state index is -1.08. The molecule has 2 atom stereocenters. The Morgan fingerprint density at radius 3 is 2.82 bits per heavy atom. The predicted octanol–water partition coefficient (Wildman–Crippen LogP) is 2.56. The number of aromatic nitrogens is 2. The van der Waals surface area contributed by atoms with Gasteiger partial charge in [-0.3, -0.25) is 0 Å². The molecule has 0 bridgehead atoms. The Hall–Kier alpha value is -2.15. The number of carbonyl (C=O) groups is 1. The number of pyridine rings is 1.